The quantitative estimate of drug-likeness (QED) is 0.763. The van der Waals surface area contributed by atoms with Crippen molar-refractivity contribution < 1.29 is 23.8 Å². The molecule has 0 spiro atoms. The van der Waals surface area contributed by atoms with E-state index in [1.165, 1.54) is 0 Å². The summed E-state index contributed by atoms with van der Waals surface area (Å²) in [6.07, 6.45) is -0.321. The lowest BCUT2D eigenvalue weighted by molar-refractivity contribution is -0.143. The minimum absolute atomic E-state index is 0.0400. The van der Waals surface area contributed by atoms with Crippen molar-refractivity contribution in [2.75, 3.05) is 46.9 Å². The van der Waals surface area contributed by atoms with Crippen LogP contribution in [-0.2, 0) is 16.1 Å². The van der Waals surface area contributed by atoms with E-state index in [0.29, 0.717) is 39.3 Å². The average Bonchev–Trinajstić information content (AvgIpc) is 2.66. The molecule has 2 amide bonds. The van der Waals surface area contributed by atoms with Gasteiger partial charge in [0.1, 0.15) is 17.1 Å². The number of carbonyl (C=O) groups is 2. The van der Waals surface area contributed by atoms with Gasteiger partial charge in [-0.25, -0.2) is 4.79 Å². The number of fused-ring (bicyclic) bond motifs is 1. The average molecular weight is 405 g/mol. The number of nitrogens with zero attached hydrogens (tertiary/aromatic N) is 3. The van der Waals surface area contributed by atoms with E-state index in [9.17, 15) is 9.59 Å². The normalized spacial score (nSPS) is 20.3. The minimum Gasteiger partial charge on any atom is -0.497 e. The van der Waals surface area contributed by atoms with E-state index in [-0.39, 0.29) is 18.0 Å². The third-order valence-electron chi connectivity index (χ3n) is 5.17. The second-order valence-electron chi connectivity index (χ2n) is 8.51. The topological polar surface area (TPSA) is 71.6 Å². The zero-order chi connectivity index (χ0) is 21.2. The third-order valence-corrected chi connectivity index (χ3v) is 5.17. The van der Waals surface area contributed by atoms with Crippen LogP contribution in [0, 0.1) is 0 Å². The van der Waals surface area contributed by atoms with Gasteiger partial charge in [0.25, 0.3) is 0 Å². The lowest BCUT2D eigenvalue weighted by atomic mass is 10.1. The van der Waals surface area contributed by atoms with Crippen LogP contribution < -0.4 is 9.47 Å². The van der Waals surface area contributed by atoms with Gasteiger partial charge in [0, 0.05) is 44.4 Å². The van der Waals surface area contributed by atoms with Gasteiger partial charge in [-0.3, -0.25) is 9.69 Å². The molecule has 8 heteroatoms. The summed E-state index contributed by atoms with van der Waals surface area (Å²) < 4.78 is 16.2. The van der Waals surface area contributed by atoms with Crippen molar-refractivity contribution in [2.24, 2.45) is 0 Å². The number of amides is 2. The summed E-state index contributed by atoms with van der Waals surface area (Å²) >= 11 is 0. The van der Waals surface area contributed by atoms with Gasteiger partial charge in [-0.05, 0) is 26.8 Å². The number of benzene rings is 1. The van der Waals surface area contributed by atoms with Crippen LogP contribution in [0.25, 0.3) is 0 Å². The van der Waals surface area contributed by atoms with Gasteiger partial charge in [0.2, 0.25) is 5.91 Å². The van der Waals surface area contributed by atoms with Gasteiger partial charge in [-0.2, -0.15) is 0 Å². The van der Waals surface area contributed by atoms with E-state index < -0.39 is 5.60 Å². The van der Waals surface area contributed by atoms with Crippen molar-refractivity contribution in [1.82, 2.24) is 14.7 Å². The van der Waals surface area contributed by atoms with Gasteiger partial charge in [-0.15, -0.1) is 0 Å². The van der Waals surface area contributed by atoms with Crippen molar-refractivity contribution in [3.63, 3.8) is 0 Å². The second kappa shape index (κ2) is 8.49. The molecule has 160 valence electrons. The highest BCUT2D eigenvalue weighted by Gasteiger charge is 2.38. The van der Waals surface area contributed by atoms with Crippen LogP contribution in [-0.4, -0.2) is 85.3 Å². The Kier molecular flexibility index (Phi) is 6.21. The maximum atomic E-state index is 12.7. The van der Waals surface area contributed by atoms with Gasteiger partial charge >= 0.3 is 6.09 Å². The Morgan fingerprint density at radius 2 is 1.90 bits per heavy atom. The van der Waals surface area contributed by atoms with E-state index in [1.807, 2.05) is 43.9 Å². The first kappa shape index (κ1) is 21.2. The summed E-state index contributed by atoms with van der Waals surface area (Å²) in [6, 6.07) is 5.66. The molecule has 29 heavy (non-hydrogen) atoms. The number of ether oxygens (including phenoxy) is 3. The van der Waals surface area contributed by atoms with Crippen molar-refractivity contribution in [3.05, 3.63) is 23.8 Å². The van der Waals surface area contributed by atoms with Crippen LogP contribution in [0.15, 0.2) is 18.2 Å². The summed E-state index contributed by atoms with van der Waals surface area (Å²) in [5.74, 6) is 1.56. The smallest absolute Gasteiger partial charge is 0.410 e. The highest BCUT2D eigenvalue weighted by molar-refractivity contribution is 5.80. The highest BCUT2D eigenvalue weighted by Crippen LogP contribution is 2.27. The van der Waals surface area contributed by atoms with Gasteiger partial charge in [-0.1, -0.05) is 6.07 Å². The Bertz CT molecular complexity index is 761. The van der Waals surface area contributed by atoms with Crippen LogP contribution in [0.4, 0.5) is 4.79 Å². The van der Waals surface area contributed by atoms with Crippen molar-refractivity contribution in [1.29, 1.82) is 0 Å². The van der Waals surface area contributed by atoms with Crippen molar-refractivity contribution >= 4 is 12.0 Å². The Labute approximate surface area is 172 Å². The standard InChI is InChI=1S/C21H31N3O5/c1-21(2,3)29-20(26)23-8-9-24-16(13-23)12-22(14-19(24)25)11-15-6-7-17(27-4)10-18(15)28-5/h6-7,10,16H,8-9,11-14H2,1-5H3. The summed E-state index contributed by atoms with van der Waals surface area (Å²) in [7, 11) is 3.24. The molecular formula is C21H31N3O5. The molecule has 0 aromatic heterocycles. The third kappa shape index (κ3) is 5.12. The Morgan fingerprint density at radius 1 is 1.14 bits per heavy atom. The van der Waals surface area contributed by atoms with Crippen LogP contribution in [0.1, 0.15) is 26.3 Å². The number of hydrogen-bond donors (Lipinski definition) is 0. The molecule has 1 aromatic rings. The minimum atomic E-state index is -0.534. The maximum absolute atomic E-state index is 12.7. The number of hydrogen-bond acceptors (Lipinski definition) is 6. The monoisotopic (exact) mass is 405 g/mol. The summed E-state index contributed by atoms with van der Waals surface area (Å²) in [6.45, 7) is 8.75. The van der Waals surface area contributed by atoms with Crippen molar-refractivity contribution in [2.45, 2.75) is 39.0 Å². The fraction of sp³-hybridized carbons (Fsp3) is 0.619. The lowest BCUT2D eigenvalue weighted by Gasteiger charge is -2.47. The largest absolute Gasteiger partial charge is 0.497 e. The molecule has 2 aliphatic heterocycles. The first-order valence-corrected chi connectivity index (χ1v) is 9.91. The number of carbonyl (C=O) groups excluding carboxylic acids is 2. The van der Waals surface area contributed by atoms with E-state index >= 15 is 0 Å². The van der Waals surface area contributed by atoms with E-state index in [4.69, 9.17) is 14.2 Å². The lowest BCUT2D eigenvalue weighted by Crippen LogP contribution is -2.64. The molecule has 1 unspecified atom stereocenters. The molecule has 0 bridgehead atoms. The molecule has 8 nitrogen and oxygen atoms in total. The summed E-state index contributed by atoms with van der Waals surface area (Å²) in [5, 5.41) is 0. The van der Waals surface area contributed by atoms with E-state index in [2.05, 4.69) is 4.90 Å². The SMILES string of the molecule is COc1ccc(CN2CC(=O)N3CCN(C(=O)OC(C)(C)C)CC3C2)c(OC)c1. The Morgan fingerprint density at radius 3 is 2.55 bits per heavy atom. The first-order chi connectivity index (χ1) is 13.7. The van der Waals surface area contributed by atoms with Crippen LogP contribution in [0.5, 0.6) is 11.5 Å². The van der Waals surface area contributed by atoms with E-state index in [1.54, 1.807) is 19.1 Å². The molecule has 1 aromatic carbocycles. The number of rotatable bonds is 4. The van der Waals surface area contributed by atoms with Gasteiger partial charge in [0.15, 0.2) is 0 Å². The molecule has 2 heterocycles. The Balaban J connectivity index is 1.67. The summed E-state index contributed by atoms with van der Waals surface area (Å²) in [4.78, 5) is 30.8. The first-order valence-electron chi connectivity index (χ1n) is 9.91. The predicted octanol–water partition coefficient (Wildman–Crippen LogP) is 1.97. The molecule has 0 N–H and O–H groups in total. The summed E-state index contributed by atoms with van der Waals surface area (Å²) in [5.41, 5.74) is 0.461. The van der Waals surface area contributed by atoms with Crippen LogP contribution in [0.2, 0.25) is 0 Å². The molecule has 0 aliphatic carbocycles. The highest BCUT2D eigenvalue weighted by atomic mass is 16.6. The molecule has 1 atom stereocenters. The Hall–Kier alpha value is -2.48. The zero-order valence-electron chi connectivity index (χ0n) is 17.9. The molecule has 2 aliphatic rings. The van der Waals surface area contributed by atoms with E-state index in [0.717, 1.165) is 17.1 Å². The molecule has 2 fully saturated rings. The van der Waals surface area contributed by atoms with Gasteiger partial charge < -0.3 is 24.0 Å². The second-order valence-corrected chi connectivity index (χ2v) is 8.51. The van der Waals surface area contributed by atoms with Crippen LogP contribution >= 0.6 is 0 Å². The molecule has 3 rings (SSSR count). The number of piperazine rings is 2. The fourth-order valence-corrected chi connectivity index (χ4v) is 3.82. The molecule has 0 saturated carbocycles. The molecular weight excluding hydrogens is 374 g/mol. The van der Waals surface area contributed by atoms with Crippen LogP contribution in [0.3, 0.4) is 0 Å². The molecule has 2 saturated heterocycles. The number of methoxy groups -OCH3 is 2. The van der Waals surface area contributed by atoms with Crippen molar-refractivity contribution in [3.8, 4) is 11.5 Å². The fourth-order valence-electron chi connectivity index (χ4n) is 3.82. The predicted molar refractivity (Wildman–Crippen MR) is 108 cm³/mol. The molecule has 0 radical (unpaired) electrons. The van der Waals surface area contributed by atoms with Gasteiger partial charge in [0.05, 0.1) is 26.8 Å². The maximum Gasteiger partial charge on any atom is 0.410 e. The zero-order valence-corrected chi connectivity index (χ0v) is 17.9.